The van der Waals surface area contributed by atoms with Crippen molar-refractivity contribution in [1.29, 1.82) is 5.26 Å². The summed E-state index contributed by atoms with van der Waals surface area (Å²) in [6.07, 6.45) is 1.44. The lowest BCUT2D eigenvalue weighted by Crippen LogP contribution is -2.04. The summed E-state index contributed by atoms with van der Waals surface area (Å²) in [5.41, 5.74) is 0.0609. The highest BCUT2D eigenvalue weighted by molar-refractivity contribution is 7.08. The SMILES string of the molecule is C=CCOC(=O)c1snc(Cl)c1C#N. The van der Waals surface area contributed by atoms with Gasteiger partial charge in [0.2, 0.25) is 0 Å². The van der Waals surface area contributed by atoms with Crippen molar-refractivity contribution in [1.82, 2.24) is 4.37 Å². The Morgan fingerprint density at radius 1 is 1.86 bits per heavy atom. The first-order valence-electron chi connectivity index (χ1n) is 3.54. The normalized spacial score (nSPS) is 9.14. The minimum Gasteiger partial charge on any atom is -0.457 e. The minimum absolute atomic E-state index is 0.0306. The number of rotatable bonds is 3. The van der Waals surface area contributed by atoms with Gasteiger partial charge < -0.3 is 4.74 Å². The molecule has 0 aromatic carbocycles. The second kappa shape index (κ2) is 4.74. The second-order valence-electron chi connectivity index (χ2n) is 2.18. The van der Waals surface area contributed by atoms with Crippen LogP contribution in [0.5, 0.6) is 0 Å². The van der Waals surface area contributed by atoms with E-state index in [9.17, 15) is 4.79 Å². The second-order valence-corrected chi connectivity index (χ2v) is 3.31. The molecule has 0 unspecified atom stereocenters. The monoisotopic (exact) mass is 228 g/mol. The van der Waals surface area contributed by atoms with Gasteiger partial charge in [-0.15, -0.1) is 0 Å². The molecule has 1 aromatic heterocycles. The largest absolute Gasteiger partial charge is 0.457 e. The van der Waals surface area contributed by atoms with Crippen molar-refractivity contribution in [2.24, 2.45) is 0 Å². The van der Waals surface area contributed by atoms with Gasteiger partial charge in [0, 0.05) is 0 Å². The molecule has 1 heterocycles. The van der Waals surface area contributed by atoms with Gasteiger partial charge in [0.05, 0.1) is 0 Å². The van der Waals surface area contributed by atoms with E-state index < -0.39 is 5.97 Å². The number of hydrogen-bond donors (Lipinski definition) is 0. The summed E-state index contributed by atoms with van der Waals surface area (Å²) in [4.78, 5) is 11.4. The highest BCUT2D eigenvalue weighted by atomic mass is 35.5. The molecule has 0 amide bonds. The Hall–Kier alpha value is -1.38. The summed E-state index contributed by atoms with van der Waals surface area (Å²) in [6, 6.07) is 1.79. The summed E-state index contributed by atoms with van der Waals surface area (Å²) < 4.78 is 8.41. The summed E-state index contributed by atoms with van der Waals surface area (Å²) >= 11 is 6.42. The lowest BCUT2D eigenvalue weighted by Gasteiger charge is -1.97. The predicted octanol–water partition coefficient (Wildman–Crippen LogP) is 2.01. The molecule has 4 nitrogen and oxygen atoms in total. The van der Waals surface area contributed by atoms with Crippen LogP contribution in [0.15, 0.2) is 12.7 Å². The average molecular weight is 229 g/mol. The molecule has 14 heavy (non-hydrogen) atoms. The maximum atomic E-state index is 11.3. The quantitative estimate of drug-likeness (QED) is 0.587. The van der Waals surface area contributed by atoms with Gasteiger partial charge in [0.1, 0.15) is 18.2 Å². The maximum Gasteiger partial charge on any atom is 0.351 e. The van der Waals surface area contributed by atoms with Crippen LogP contribution in [0.3, 0.4) is 0 Å². The van der Waals surface area contributed by atoms with Crippen molar-refractivity contribution in [3.8, 4) is 6.07 Å². The van der Waals surface area contributed by atoms with Crippen molar-refractivity contribution < 1.29 is 9.53 Å². The Morgan fingerprint density at radius 2 is 2.57 bits per heavy atom. The van der Waals surface area contributed by atoms with Gasteiger partial charge in [-0.25, -0.2) is 4.79 Å². The van der Waals surface area contributed by atoms with E-state index in [4.69, 9.17) is 21.6 Å². The molecule has 0 aliphatic rings. The Kier molecular flexibility index (Phi) is 3.63. The molecule has 6 heteroatoms. The van der Waals surface area contributed by atoms with Gasteiger partial charge in [-0.2, -0.15) is 9.64 Å². The number of carbonyl (C=O) groups is 1. The van der Waals surface area contributed by atoms with Crippen molar-refractivity contribution in [3.05, 3.63) is 28.2 Å². The molecule has 0 saturated carbocycles. The number of carbonyl (C=O) groups excluding carboxylic acids is 1. The van der Waals surface area contributed by atoms with Gasteiger partial charge in [-0.05, 0) is 11.5 Å². The zero-order chi connectivity index (χ0) is 10.6. The minimum atomic E-state index is -0.606. The van der Waals surface area contributed by atoms with E-state index in [0.717, 1.165) is 11.5 Å². The Balaban J connectivity index is 2.91. The van der Waals surface area contributed by atoms with Crippen LogP contribution in [-0.4, -0.2) is 16.9 Å². The Labute approximate surface area is 89.5 Å². The van der Waals surface area contributed by atoms with E-state index in [1.165, 1.54) is 6.08 Å². The van der Waals surface area contributed by atoms with Gasteiger partial charge in [-0.3, -0.25) is 0 Å². The smallest absolute Gasteiger partial charge is 0.351 e. The number of halogens is 1. The van der Waals surface area contributed by atoms with Gasteiger partial charge >= 0.3 is 5.97 Å². The van der Waals surface area contributed by atoms with Crippen LogP contribution < -0.4 is 0 Å². The van der Waals surface area contributed by atoms with Crippen LogP contribution in [0, 0.1) is 11.3 Å². The number of hydrogen-bond acceptors (Lipinski definition) is 5. The highest BCUT2D eigenvalue weighted by Gasteiger charge is 2.19. The summed E-state index contributed by atoms with van der Waals surface area (Å²) in [6.45, 7) is 3.49. The predicted molar refractivity (Wildman–Crippen MR) is 52.3 cm³/mol. The fourth-order valence-corrected chi connectivity index (χ4v) is 1.63. The molecule has 72 valence electrons. The molecule has 0 aliphatic heterocycles. The zero-order valence-corrected chi connectivity index (χ0v) is 8.56. The molecule has 0 saturated heterocycles. The van der Waals surface area contributed by atoms with Crippen molar-refractivity contribution in [2.75, 3.05) is 6.61 Å². The number of nitrogens with zero attached hydrogens (tertiary/aromatic N) is 2. The van der Waals surface area contributed by atoms with E-state index in [-0.39, 0.29) is 22.2 Å². The molecule has 0 aliphatic carbocycles. The number of aromatic nitrogens is 1. The highest BCUT2D eigenvalue weighted by Crippen LogP contribution is 2.22. The fourth-order valence-electron chi connectivity index (χ4n) is 0.707. The van der Waals surface area contributed by atoms with Crippen LogP contribution in [0.1, 0.15) is 15.2 Å². The third kappa shape index (κ3) is 2.10. The van der Waals surface area contributed by atoms with E-state index in [1.807, 2.05) is 0 Å². The molecular formula is C8H5ClN2O2S. The van der Waals surface area contributed by atoms with Gasteiger partial charge in [-0.1, -0.05) is 24.3 Å². The van der Waals surface area contributed by atoms with Gasteiger partial charge in [0.15, 0.2) is 10.0 Å². The van der Waals surface area contributed by atoms with Crippen LogP contribution in [0.25, 0.3) is 0 Å². The Morgan fingerprint density at radius 3 is 3.14 bits per heavy atom. The first kappa shape index (κ1) is 10.7. The molecule has 0 bridgehead atoms. The summed E-state index contributed by atoms with van der Waals surface area (Å²) in [5, 5.41) is 8.70. The average Bonchev–Trinajstić information content (AvgIpc) is 2.55. The first-order chi connectivity index (χ1) is 6.70. The fraction of sp³-hybridized carbons (Fsp3) is 0.125. The van der Waals surface area contributed by atoms with E-state index in [2.05, 4.69) is 11.0 Å². The molecular weight excluding hydrogens is 224 g/mol. The molecule has 1 rings (SSSR count). The molecule has 0 radical (unpaired) electrons. The molecule has 0 spiro atoms. The third-order valence-corrected chi connectivity index (χ3v) is 2.48. The van der Waals surface area contributed by atoms with E-state index >= 15 is 0 Å². The van der Waals surface area contributed by atoms with Crippen LogP contribution >= 0.6 is 23.1 Å². The first-order valence-corrected chi connectivity index (χ1v) is 4.69. The summed E-state index contributed by atoms with van der Waals surface area (Å²) in [7, 11) is 0. The number of esters is 1. The standard InChI is InChI=1S/C8H5ClN2O2S/c1-2-3-13-8(12)6-5(4-10)7(9)11-14-6/h2H,1,3H2. The van der Waals surface area contributed by atoms with Crippen molar-refractivity contribution in [2.45, 2.75) is 0 Å². The molecule has 0 N–H and O–H groups in total. The van der Waals surface area contributed by atoms with Crippen LogP contribution in [-0.2, 0) is 4.74 Å². The third-order valence-electron chi connectivity index (χ3n) is 1.28. The van der Waals surface area contributed by atoms with Crippen molar-refractivity contribution in [3.63, 3.8) is 0 Å². The van der Waals surface area contributed by atoms with Crippen molar-refractivity contribution >= 4 is 29.1 Å². The molecule has 1 aromatic rings. The lowest BCUT2D eigenvalue weighted by molar-refractivity contribution is 0.0555. The topological polar surface area (TPSA) is 63.0 Å². The summed E-state index contributed by atoms with van der Waals surface area (Å²) in [5.74, 6) is -0.606. The molecule has 0 fully saturated rings. The van der Waals surface area contributed by atoms with Crippen LogP contribution in [0.2, 0.25) is 5.15 Å². The Bertz CT molecular complexity index is 408. The van der Waals surface area contributed by atoms with E-state index in [0.29, 0.717) is 0 Å². The maximum absolute atomic E-state index is 11.3. The lowest BCUT2D eigenvalue weighted by atomic mass is 10.3. The number of nitriles is 1. The van der Waals surface area contributed by atoms with Crippen LogP contribution in [0.4, 0.5) is 0 Å². The van der Waals surface area contributed by atoms with Gasteiger partial charge in [0.25, 0.3) is 0 Å². The zero-order valence-electron chi connectivity index (χ0n) is 6.99. The van der Waals surface area contributed by atoms with E-state index in [1.54, 1.807) is 6.07 Å². The number of ether oxygens (including phenoxy) is 1. The molecule has 0 atom stereocenters.